The number of likely N-dealkylation sites (tertiary alicyclic amines) is 1. The van der Waals surface area contributed by atoms with Crippen LogP contribution in [-0.4, -0.2) is 61.0 Å². The number of Topliss-reactive ketones (excluding diaryl/α,β-unsaturated/α-hetero) is 1. The monoisotopic (exact) mass is 322 g/mol. The average Bonchev–Trinajstić information content (AvgIpc) is 2.53. The van der Waals surface area contributed by atoms with Gasteiger partial charge >= 0.3 is 0 Å². The van der Waals surface area contributed by atoms with Gasteiger partial charge in [-0.15, -0.1) is 0 Å². The summed E-state index contributed by atoms with van der Waals surface area (Å²) in [6, 6.07) is 8.33. The molecule has 1 aromatic rings. The first-order valence-electron chi connectivity index (χ1n) is 8.01. The van der Waals surface area contributed by atoms with Crippen molar-refractivity contribution in [2.45, 2.75) is 25.4 Å². The summed E-state index contributed by atoms with van der Waals surface area (Å²) in [6.45, 7) is 6.26. The number of benzene rings is 1. The average molecular weight is 323 g/mol. The number of halogens is 1. The second-order valence-electron chi connectivity index (χ2n) is 6.16. The van der Waals surface area contributed by atoms with Crippen molar-refractivity contribution in [1.29, 1.82) is 0 Å². The van der Waals surface area contributed by atoms with Crippen LogP contribution in [0.15, 0.2) is 24.3 Å². The fourth-order valence-electron chi connectivity index (χ4n) is 3.24. The molecule has 0 radical (unpaired) electrons. The Morgan fingerprint density at radius 3 is 2.59 bits per heavy atom. The molecule has 2 aliphatic heterocycles. The zero-order chi connectivity index (χ0) is 15.4. The molecule has 22 heavy (non-hydrogen) atoms. The Labute approximate surface area is 137 Å². The lowest BCUT2D eigenvalue weighted by atomic mass is 9.99. The van der Waals surface area contributed by atoms with Crippen molar-refractivity contribution in [2.75, 3.05) is 39.4 Å². The van der Waals surface area contributed by atoms with Crippen molar-refractivity contribution in [3.8, 4) is 0 Å². The topological polar surface area (TPSA) is 32.8 Å². The van der Waals surface area contributed by atoms with Gasteiger partial charge in [0.25, 0.3) is 0 Å². The smallest absolute Gasteiger partial charge is 0.135 e. The third kappa shape index (κ3) is 4.29. The van der Waals surface area contributed by atoms with Crippen LogP contribution in [-0.2, 0) is 16.1 Å². The zero-order valence-corrected chi connectivity index (χ0v) is 13.6. The zero-order valence-electron chi connectivity index (χ0n) is 12.8. The normalized spacial score (nSPS) is 24.6. The van der Waals surface area contributed by atoms with Crippen LogP contribution in [0.4, 0.5) is 0 Å². The third-order valence-corrected chi connectivity index (χ3v) is 4.78. The van der Waals surface area contributed by atoms with Gasteiger partial charge in [-0.2, -0.15) is 0 Å². The van der Waals surface area contributed by atoms with Gasteiger partial charge in [0, 0.05) is 56.6 Å². The molecule has 0 amide bonds. The van der Waals surface area contributed by atoms with Crippen LogP contribution in [0.3, 0.4) is 0 Å². The number of hydrogen-bond donors (Lipinski definition) is 0. The predicted molar refractivity (Wildman–Crippen MR) is 87.2 cm³/mol. The molecule has 2 saturated heterocycles. The fourth-order valence-corrected chi connectivity index (χ4v) is 3.37. The van der Waals surface area contributed by atoms with Gasteiger partial charge in [0.1, 0.15) is 5.78 Å². The Balaban J connectivity index is 1.63. The van der Waals surface area contributed by atoms with E-state index in [0.29, 0.717) is 24.7 Å². The third-order valence-electron chi connectivity index (χ3n) is 4.53. The Kier molecular flexibility index (Phi) is 5.47. The molecule has 1 aromatic carbocycles. The Morgan fingerprint density at radius 1 is 1.14 bits per heavy atom. The molecular weight excluding hydrogens is 300 g/mol. The van der Waals surface area contributed by atoms with Crippen LogP contribution >= 0.6 is 11.6 Å². The van der Waals surface area contributed by atoms with E-state index in [9.17, 15) is 4.79 Å². The van der Waals surface area contributed by atoms with Crippen LogP contribution in [0.25, 0.3) is 0 Å². The molecule has 2 aliphatic rings. The van der Waals surface area contributed by atoms with Crippen LogP contribution in [0.1, 0.15) is 18.4 Å². The number of piperidine rings is 1. The van der Waals surface area contributed by atoms with E-state index in [1.807, 2.05) is 12.1 Å². The summed E-state index contributed by atoms with van der Waals surface area (Å²) in [7, 11) is 0. The fraction of sp³-hybridized carbons (Fsp3) is 0.588. The van der Waals surface area contributed by atoms with Gasteiger partial charge in [-0.25, -0.2) is 0 Å². The maximum atomic E-state index is 11.9. The second-order valence-corrected chi connectivity index (χ2v) is 6.59. The van der Waals surface area contributed by atoms with Crippen molar-refractivity contribution < 1.29 is 9.53 Å². The van der Waals surface area contributed by atoms with Crippen molar-refractivity contribution in [1.82, 2.24) is 9.80 Å². The minimum atomic E-state index is 0.315. The van der Waals surface area contributed by atoms with Crippen molar-refractivity contribution >= 4 is 17.4 Å². The number of ether oxygens (including phenoxy) is 1. The Hall–Kier alpha value is -0.940. The van der Waals surface area contributed by atoms with Crippen LogP contribution in [0, 0.1) is 0 Å². The van der Waals surface area contributed by atoms with Gasteiger partial charge in [0.05, 0.1) is 13.2 Å². The molecule has 3 rings (SSSR count). The predicted octanol–water partition coefficient (Wildman–Crippen LogP) is 2.21. The Bertz CT molecular complexity index is 500. The van der Waals surface area contributed by atoms with Crippen LogP contribution in [0.2, 0.25) is 5.02 Å². The molecule has 0 N–H and O–H groups in total. The number of morpholine rings is 1. The quantitative estimate of drug-likeness (QED) is 0.851. The van der Waals surface area contributed by atoms with Gasteiger partial charge in [-0.3, -0.25) is 14.6 Å². The molecule has 0 bridgehead atoms. The van der Waals surface area contributed by atoms with Crippen molar-refractivity contribution in [3.05, 3.63) is 34.9 Å². The molecule has 5 heteroatoms. The molecule has 2 heterocycles. The van der Waals surface area contributed by atoms with E-state index >= 15 is 0 Å². The molecule has 0 saturated carbocycles. The highest BCUT2D eigenvalue weighted by atomic mass is 35.5. The number of carbonyl (C=O) groups is 1. The van der Waals surface area contributed by atoms with E-state index in [1.165, 1.54) is 5.56 Å². The summed E-state index contributed by atoms with van der Waals surface area (Å²) in [5.41, 5.74) is 1.26. The number of rotatable bonds is 4. The highest BCUT2D eigenvalue weighted by molar-refractivity contribution is 6.30. The molecule has 2 fully saturated rings. The standard InChI is InChI=1S/C17H23ClN2O2/c18-15-3-1-14(2-4-15)12-20-6-5-17(21)11-16(20)13-19-7-9-22-10-8-19/h1-4,16H,5-13H2. The van der Waals surface area contributed by atoms with E-state index < -0.39 is 0 Å². The number of hydrogen-bond acceptors (Lipinski definition) is 4. The summed E-state index contributed by atoms with van der Waals surface area (Å²) in [5.74, 6) is 0.394. The lowest BCUT2D eigenvalue weighted by molar-refractivity contribution is -0.124. The first-order valence-corrected chi connectivity index (χ1v) is 8.39. The maximum absolute atomic E-state index is 11.9. The summed E-state index contributed by atoms with van der Waals surface area (Å²) < 4.78 is 5.41. The highest BCUT2D eigenvalue weighted by Crippen LogP contribution is 2.20. The van der Waals surface area contributed by atoms with Crippen molar-refractivity contribution in [2.24, 2.45) is 0 Å². The summed E-state index contributed by atoms with van der Waals surface area (Å²) >= 11 is 5.95. The molecule has 0 aliphatic carbocycles. The van der Waals surface area contributed by atoms with E-state index in [1.54, 1.807) is 0 Å². The van der Waals surface area contributed by atoms with E-state index in [2.05, 4.69) is 21.9 Å². The Morgan fingerprint density at radius 2 is 1.86 bits per heavy atom. The van der Waals surface area contributed by atoms with Gasteiger partial charge in [-0.1, -0.05) is 23.7 Å². The number of nitrogens with zero attached hydrogens (tertiary/aromatic N) is 2. The second kappa shape index (κ2) is 7.55. The number of carbonyl (C=O) groups excluding carboxylic acids is 1. The first kappa shape index (κ1) is 15.9. The molecule has 1 unspecified atom stereocenters. The van der Waals surface area contributed by atoms with Gasteiger partial charge in [-0.05, 0) is 17.7 Å². The molecule has 0 aromatic heterocycles. The van der Waals surface area contributed by atoms with Gasteiger partial charge < -0.3 is 4.74 Å². The highest BCUT2D eigenvalue weighted by Gasteiger charge is 2.29. The molecule has 0 spiro atoms. The number of ketones is 1. The minimum absolute atomic E-state index is 0.315. The summed E-state index contributed by atoms with van der Waals surface area (Å²) in [4.78, 5) is 16.7. The van der Waals surface area contributed by atoms with Crippen LogP contribution < -0.4 is 0 Å². The molecule has 4 nitrogen and oxygen atoms in total. The minimum Gasteiger partial charge on any atom is -0.379 e. The van der Waals surface area contributed by atoms with Gasteiger partial charge in [0.2, 0.25) is 0 Å². The van der Waals surface area contributed by atoms with Crippen molar-refractivity contribution in [3.63, 3.8) is 0 Å². The maximum Gasteiger partial charge on any atom is 0.135 e. The lowest BCUT2D eigenvalue weighted by Gasteiger charge is -2.39. The van der Waals surface area contributed by atoms with Crippen LogP contribution in [0.5, 0.6) is 0 Å². The SMILES string of the molecule is O=C1CCN(Cc2ccc(Cl)cc2)C(CN2CCOCC2)C1. The molecular formula is C17H23ClN2O2. The largest absolute Gasteiger partial charge is 0.379 e. The van der Waals surface area contributed by atoms with Gasteiger partial charge in [0.15, 0.2) is 0 Å². The molecule has 120 valence electrons. The molecule has 1 atom stereocenters. The summed E-state index contributed by atoms with van der Waals surface area (Å²) in [6.07, 6.45) is 1.35. The van der Waals surface area contributed by atoms with E-state index in [4.69, 9.17) is 16.3 Å². The first-order chi connectivity index (χ1) is 10.7. The van der Waals surface area contributed by atoms with E-state index in [-0.39, 0.29) is 0 Å². The summed E-state index contributed by atoms with van der Waals surface area (Å²) in [5, 5.41) is 0.766. The lowest BCUT2D eigenvalue weighted by Crippen LogP contribution is -2.50. The van der Waals surface area contributed by atoms with E-state index in [0.717, 1.165) is 51.0 Å².